The molecule has 1 atom stereocenters. The number of nitrogens with one attached hydrogen (secondary N) is 1. The van der Waals surface area contributed by atoms with Gasteiger partial charge in [0.15, 0.2) is 5.79 Å². The van der Waals surface area contributed by atoms with Crippen LogP contribution >= 0.6 is 0 Å². The first-order valence-corrected chi connectivity index (χ1v) is 7.58. The van der Waals surface area contributed by atoms with Crippen molar-refractivity contribution in [3.63, 3.8) is 0 Å². The van der Waals surface area contributed by atoms with Gasteiger partial charge in [-0.1, -0.05) is 0 Å². The minimum absolute atomic E-state index is 0. The summed E-state index contributed by atoms with van der Waals surface area (Å²) in [6.45, 7) is 1.52. The van der Waals surface area contributed by atoms with Crippen LogP contribution in [0, 0.1) is 11.3 Å². The number of nitrogens with zero attached hydrogens (tertiary/aromatic N) is 1. The van der Waals surface area contributed by atoms with Crippen molar-refractivity contribution in [1.29, 1.82) is 5.26 Å². The molecule has 2 aliphatic rings. The van der Waals surface area contributed by atoms with E-state index in [2.05, 4.69) is 11.4 Å². The Labute approximate surface area is 146 Å². The van der Waals surface area contributed by atoms with Crippen LogP contribution in [-0.2, 0) is 26.5 Å². The molecule has 1 heterocycles. The number of nitrogen functional groups attached to an aromatic ring is 1. The number of hydrogen-bond acceptors (Lipinski definition) is 6. The summed E-state index contributed by atoms with van der Waals surface area (Å²) in [4.78, 5) is 0. The summed E-state index contributed by atoms with van der Waals surface area (Å²) in [6.07, 6.45) is 2.81. The van der Waals surface area contributed by atoms with Crippen molar-refractivity contribution < 1.29 is 31.6 Å². The number of anilines is 2. The van der Waals surface area contributed by atoms with Gasteiger partial charge in [0, 0.05) is 36.5 Å². The molecule has 6 nitrogen and oxygen atoms in total. The first-order chi connectivity index (χ1) is 10.5. The topological polar surface area (TPSA) is 101 Å². The van der Waals surface area contributed by atoms with E-state index in [0.717, 1.165) is 12.8 Å². The number of ether oxygens (including phenoxy) is 2. The molecule has 23 heavy (non-hydrogen) atoms. The van der Waals surface area contributed by atoms with Gasteiger partial charge in [-0.2, -0.15) is 5.26 Å². The Morgan fingerprint density at radius 1 is 1.30 bits per heavy atom. The molecule has 1 aliphatic heterocycles. The van der Waals surface area contributed by atoms with Crippen LogP contribution in [0.5, 0.6) is 0 Å². The molecule has 1 aromatic carbocycles. The Bertz CT molecular complexity index is 599. The van der Waals surface area contributed by atoms with Gasteiger partial charge in [-0.15, -0.1) is 0 Å². The standard InChI is InChI=1S/C16H21N3O3.Fe/c17-9-12-2-3-13(18)14(8-12)19-11-15(20)4-1-5-16(10-15)21-6-7-22-16;/h2-3,8,19-20H,1,4-7,10-11,18H2;/t15-;/m1./s1. The van der Waals surface area contributed by atoms with E-state index < -0.39 is 11.4 Å². The van der Waals surface area contributed by atoms with Crippen LogP contribution in [-0.4, -0.2) is 36.3 Å². The molecule has 1 aromatic rings. The van der Waals surface area contributed by atoms with Crippen LogP contribution in [0.3, 0.4) is 0 Å². The smallest absolute Gasteiger partial charge is 0.171 e. The van der Waals surface area contributed by atoms with Crippen LogP contribution in [0.1, 0.15) is 31.2 Å². The predicted molar refractivity (Wildman–Crippen MR) is 82.1 cm³/mol. The average molecular weight is 359 g/mol. The van der Waals surface area contributed by atoms with Crippen molar-refractivity contribution in [2.75, 3.05) is 30.8 Å². The van der Waals surface area contributed by atoms with Gasteiger partial charge in [-0.25, -0.2) is 0 Å². The Balaban J connectivity index is 0.00000192. The van der Waals surface area contributed by atoms with Gasteiger partial charge >= 0.3 is 0 Å². The van der Waals surface area contributed by atoms with Crippen LogP contribution < -0.4 is 11.1 Å². The SMILES string of the molecule is N#Cc1ccc(N)c(NC[C@@]2(O)CCCC3(C2)OCCO3)c1.[Fe]. The first-order valence-electron chi connectivity index (χ1n) is 7.58. The quantitative estimate of drug-likeness (QED) is 0.560. The third kappa shape index (κ3) is 3.97. The van der Waals surface area contributed by atoms with E-state index in [1.165, 1.54) is 0 Å². The molecule has 0 unspecified atom stereocenters. The normalized spacial score (nSPS) is 25.6. The van der Waals surface area contributed by atoms with Gasteiger partial charge < -0.3 is 25.6 Å². The van der Waals surface area contributed by atoms with Gasteiger partial charge in [0.1, 0.15) is 0 Å². The van der Waals surface area contributed by atoms with Gasteiger partial charge in [-0.3, -0.25) is 0 Å². The number of rotatable bonds is 3. The Morgan fingerprint density at radius 3 is 2.74 bits per heavy atom. The molecule has 0 radical (unpaired) electrons. The zero-order chi connectivity index (χ0) is 15.6. The molecule has 0 bridgehead atoms. The Kier molecular flexibility index (Phi) is 5.56. The second-order valence-electron chi connectivity index (χ2n) is 6.13. The maximum Gasteiger partial charge on any atom is 0.171 e. The number of nitrogens with two attached hydrogens (primary N) is 1. The second kappa shape index (κ2) is 7.08. The summed E-state index contributed by atoms with van der Waals surface area (Å²) in [5, 5.41) is 23.0. The molecule has 4 N–H and O–H groups in total. The number of nitriles is 1. The van der Waals surface area contributed by atoms with Crippen molar-refractivity contribution in [3.8, 4) is 6.07 Å². The van der Waals surface area contributed by atoms with Crippen LogP contribution in [0.2, 0.25) is 0 Å². The first kappa shape index (κ1) is 18.1. The fourth-order valence-electron chi connectivity index (χ4n) is 3.30. The minimum atomic E-state index is -0.905. The number of aliphatic hydroxyl groups is 1. The molecule has 0 amide bonds. The largest absolute Gasteiger partial charge is 0.397 e. The molecule has 2 fully saturated rings. The molecule has 1 aliphatic carbocycles. The average Bonchev–Trinajstić information content (AvgIpc) is 2.94. The van der Waals surface area contributed by atoms with E-state index in [0.29, 0.717) is 49.5 Å². The Hall–Kier alpha value is -1.29. The van der Waals surface area contributed by atoms with E-state index in [4.69, 9.17) is 20.5 Å². The zero-order valence-corrected chi connectivity index (χ0v) is 13.9. The third-order valence-corrected chi connectivity index (χ3v) is 4.40. The van der Waals surface area contributed by atoms with E-state index in [1.807, 2.05) is 0 Å². The molecule has 1 spiro atoms. The number of hydrogen-bond donors (Lipinski definition) is 3. The molecule has 3 rings (SSSR count). The molecular weight excluding hydrogens is 338 g/mol. The molecule has 1 saturated carbocycles. The number of benzene rings is 1. The van der Waals surface area contributed by atoms with Gasteiger partial charge in [0.2, 0.25) is 0 Å². The van der Waals surface area contributed by atoms with Crippen molar-refractivity contribution in [2.24, 2.45) is 0 Å². The monoisotopic (exact) mass is 359 g/mol. The molecule has 7 heteroatoms. The van der Waals surface area contributed by atoms with Crippen LogP contribution in [0.25, 0.3) is 0 Å². The van der Waals surface area contributed by atoms with Crippen molar-refractivity contribution in [2.45, 2.75) is 37.1 Å². The summed E-state index contributed by atoms with van der Waals surface area (Å²) in [5.74, 6) is -0.630. The maximum absolute atomic E-state index is 10.8. The van der Waals surface area contributed by atoms with E-state index in [-0.39, 0.29) is 17.1 Å². The molecular formula is C16H21FeN3O3. The Morgan fingerprint density at radius 2 is 2.04 bits per heavy atom. The van der Waals surface area contributed by atoms with E-state index in [9.17, 15) is 5.11 Å². The predicted octanol–water partition coefficient (Wildman–Crippen LogP) is 1.60. The van der Waals surface area contributed by atoms with Gasteiger partial charge in [0.05, 0.1) is 41.8 Å². The molecule has 0 aromatic heterocycles. The molecule has 1 saturated heterocycles. The summed E-state index contributed by atoms with van der Waals surface area (Å²) in [6, 6.07) is 7.14. The summed E-state index contributed by atoms with van der Waals surface area (Å²) in [5.41, 5.74) is 6.77. The van der Waals surface area contributed by atoms with Crippen molar-refractivity contribution >= 4 is 11.4 Å². The van der Waals surface area contributed by atoms with Crippen molar-refractivity contribution in [3.05, 3.63) is 23.8 Å². The van der Waals surface area contributed by atoms with Crippen LogP contribution in [0.15, 0.2) is 18.2 Å². The molecule has 126 valence electrons. The summed E-state index contributed by atoms with van der Waals surface area (Å²) >= 11 is 0. The van der Waals surface area contributed by atoms with Crippen LogP contribution in [0.4, 0.5) is 11.4 Å². The van der Waals surface area contributed by atoms with E-state index >= 15 is 0 Å². The fraction of sp³-hybridized carbons (Fsp3) is 0.562. The third-order valence-electron chi connectivity index (χ3n) is 4.40. The van der Waals surface area contributed by atoms with Gasteiger partial charge in [-0.05, 0) is 31.0 Å². The van der Waals surface area contributed by atoms with Crippen molar-refractivity contribution in [1.82, 2.24) is 0 Å². The minimum Gasteiger partial charge on any atom is -0.397 e. The zero-order valence-electron chi connectivity index (χ0n) is 12.8. The second-order valence-corrected chi connectivity index (χ2v) is 6.13. The van der Waals surface area contributed by atoms with Gasteiger partial charge in [0.25, 0.3) is 0 Å². The maximum atomic E-state index is 10.8. The van der Waals surface area contributed by atoms with E-state index in [1.54, 1.807) is 18.2 Å². The fourth-order valence-corrected chi connectivity index (χ4v) is 3.30. The summed E-state index contributed by atoms with van der Waals surface area (Å²) in [7, 11) is 0. The summed E-state index contributed by atoms with van der Waals surface area (Å²) < 4.78 is 11.4.